The molecule has 35 heavy (non-hydrogen) atoms. The number of amides is 1. The van der Waals surface area contributed by atoms with Crippen LogP contribution in [0.15, 0.2) is 38.4 Å². The van der Waals surface area contributed by atoms with Crippen molar-refractivity contribution in [2.75, 3.05) is 20.2 Å². The zero-order valence-corrected chi connectivity index (χ0v) is 24.1. The van der Waals surface area contributed by atoms with Gasteiger partial charge in [-0.3, -0.25) is 14.6 Å². The van der Waals surface area contributed by atoms with E-state index in [2.05, 4.69) is 54.8 Å². The third-order valence-electron chi connectivity index (χ3n) is 7.75. The molecule has 2 heterocycles. The number of halogens is 3. The molecule has 5 nitrogen and oxygen atoms in total. The topological polar surface area (TPSA) is 59.5 Å². The number of unbranched alkanes of at least 4 members (excludes halogenated alkanes) is 2. The van der Waals surface area contributed by atoms with Crippen molar-refractivity contribution >= 4 is 55.3 Å². The zero-order chi connectivity index (χ0) is 24.9. The van der Waals surface area contributed by atoms with Gasteiger partial charge in [0.05, 0.1) is 7.11 Å². The van der Waals surface area contributed by atoms with Crippen molar-refractivity contribution in [2.45, 2.75) is 63.7 Å². The predicted molar refractivity (Wildman–Crippen MR) is 145 cm³/mol. The molecule has 0 spiro atoms. The van der Waals surface area contributed by atoms with Crippen LogP contribution in [-0.4, -0.2) is 42.0 Å². The average molecular weight is 629 g/mol. The van der Waals surface area contributed by atoms with Crippen molar-refractivity contribution < 1.29 is 14.3 Å². The number of allylic oxidation sites excluding steroid dienone is 4. The Morgan fingerprint density at radius 1 is 1.11 bits per heavy atom. The average Bonchev–Trinajstić information content (AvgIpc) is 3.00. The molecule has 0 N–H and O–H groups in total. The number of ether oxygens (including phenoxy) is 1. The van der Waals surface area contributed by atoms with Crippen LogP contribution in [0.25, 0.3) is 0 Å². The molecule has 1 aromatic rings. The zero-order valence-electron chi connectivity index (χ0n) is 20.2. The molecule has 1 fully saturated rings. The van der Waals surface area contributed by atoms with Gasteiger partial charge in [-0.15, -0.1) is 0 Å². The first-order valence-corrected chi connectivity index (χ1v) is 14.6. The molecular formula is C27H33Br2ClN2O3. The molecule has 3 atom stereocenters. The van der Waals surface area contributed by atoms with E-state index in [4.69, 9.17) is 16.6 Å². The monoisotopic (exact) mass is 626 g/mol. The highest BCUT2D eigenvalue weighted by Gasteiger charge is 2.43. The fourth-order valence-corrected chi connectivity index (χ4v) is 7.64. The molecule has 1 aromatic heterocycles. The number of likely N-dealkylation sites (tertiary alicyclic amines) is 1. The standard InChI is InChI=1S/C27H33Br2ClN2O3/c1-35-24(34)6-4-2-3-5-23(33)32-11-9-17(10-12-32)26-25-18(14-21(30)15-22(25)29)7-8-19-13-20(28)16-31-27(19)26/h13-18,25-26H,2-12H2,1H3. The highest BCUT2D eigenvalue weighted by molar-refractivity contribution is 9.11. The third kappa shape index (κ3) is 6.58. The Kier molecular flexibility index (Phi) is 9.50. The minimum absolute atomic E-state index is 0.181. The molecule has 0 saturated carbocycles. The van der Waals surface area contributed by atoms with Gasteiger partial charge in [0, 0.05) is 63.6 Å². The Hall–Kier alpha value is -1.18. The molecule has 3 unspecified atom stereocenters. The van der Waals surface area contributed by atoms with Crippen molar-refractivity contribution in [3.8, 4) is 0 Å². The normalized spacial score (nSPS) is 24.6. The lowest BCUT2D eigenvalue weighted by atomic mass is 9.69. The summed E-state index contributed by atoms with van der Waals surface area (Å²) in [6.07, 6.45) is 13.7. The molecule has 8 heteroatoms. The van der Waals surface area contributed by atoms with Gasteiger partial charge < -0.3 is 9.64 Å². The summed E-state index contributed by atoms with van der Waals surface area (Å²) in [5.41, 5.74) is 2.54. The number of nitrogens with zero attached hydrogens (tertiary/aromatic N) is 2. The van der Waals surface area contributed by atoms with Crippen molar-refractivity contribution in [3.63, 3.8) is 0 Å². The predicted octanol–water partition coefficient (Wildman–Crippen LogP) is 6.88. The van der Waals surface area contributed by atoms with Gasteiger partial charge >= 0.3 is 5.97 Å². The number of rotatable bonds is 7. The lowest BCUT2D eigenvalue weighted by Crippen LogP contribution is -2.41. The number of fused-ring (bicyclic) bond motifs is 2. The van der Waals surface area contributed by atoms with Gasteiger partial charge in [0.15, 0.2) is 0 Å². The Morgan fingerprint density at radius 2 is 1.86 bits per heavy atom. The van der Waals surface area contributed by atoms with Crippen molar-refractivity contribution in [2.24, 2.45) is 17.8 Å². The van der Waals surface area contributed by atoms with E-state index >= 15 is 0 Å². The van der Waals surface area contributed by atoms with E-state index in [0.29, 0.717) is 36.5 Å². The Balaban J connectivity index is 1.41. The molecule has 2 aliphatic carbocycles. The molecule has 0 radical (unpaired) electrons. The first kappa shape index (κ1) is 26.9. The summed E-state index contributed by atoms with van der Waals surface area (Å²) in [5.74, 6) is 1.52. The van der Waals surface area contributed by atoms with Gasteiger partial charge in [0.2, 0.25) is 5.91 Å². The van der Waals surface area contributed by atoms with E-state index in [1.807, 2.05) is 11.1 Å². The van der Waals surface area contributed by atoms with Gasteiger partial charge in [-0.25, -0.2) is 0 Å². The maximum absolute atomic E-state index is 12.8. The quantitative estimate of drug-likeness (QED) is 0.244. The number of hydrogen-bond donors (Lipinski definition) is 0. The van der Waals surface area contributed by atoms with Gasteiger partial charge in [-0.05, 0) is 84.0 Å². The number of carbonyl (C=O) groups excluding carboxylic acids is 2. The van der Waals surface area contributed by atoms with E-state index < -0.39 is 0 Å². The van der Waals surface area contributed by atoms with E-state index in [1.54, 1.807) is 0 Å². The number of esters is 1. The van der Waals surface area contributed by atoms with Gasteiger partial charge in [0.25, 0.3) is 0 Å². The molecule has 1 saturated heterocycles. The molecule has 1 amide bonds. The number of methoxy groups -OCH3 is 1. The second-order valence-electron chi connectivity index (χ2n) is 9.89. The number of aromatic nitrogens is 1. The summed E-state index contributed by atoms with van der Waals surface area (Å²) in [4.78, 5) is 31.0. The van der Waals surface area contributed by atoms with E-state index in [0.717, 1.165) is 67.5 Å². The summed E-state index contributed by atoms with van der Waals surface area (Å²) >= 11 is 13.9. The summed E-state index contributed by atoms with van der Waals surface area (Å²) in [5, 5.41) is 0.809. The molecular weight excluding hydrogens is 596 g/mol. The van der Waals surface area contributed by atoms with Crippen LogP contribution in [0.1, 0.15) is 68.5 Å². The molecule has 0 bridgehead atoms. The smallest absolute Gasteiger partial charge is 0.305 e. The van der Waals surface area contributed by atoms with Crippen LogP contribution in [-0.2, 0) is 20.7 Å². The first-order chi connectivity index (χ1) is 16.9. The maximum atomic E-state index is 12.8. The van der Waals surface area contributed by atoms with E-state index in [9.17, 15) is 9.59 Å². The van der Waals surface area contributed by atoms with Crippen LogP contribution in [0.2, 0.25) is 0 Å². The molecule has 3 aliphatic rings. The van der Waals surface area contributed by atoms with Crippen molar-refractivity contribution in [1.29, 1.82) is 0 Å². The maximum Gasteiger partial charge on any atom is 0.305 e. The van der Waals surface area contributed by atoms with Crippen LogP contribution in [0.3, 0.4) is 0 Å². The van der Waals surface area contributed by atoms with Gasteiger partial charge in [-0.1, -0.05) is 40.0 Å². The number of piperidine rings is 1. The van der Waals surface area contributed by atoms with Gasteiger partial charge in [0.1, 0.15) is 0 Å². The van der Waals surface area contributed by atoms with Crippen LogP contribution >= 0.6 is 43.5 Å². The summed E-state index contributed by atoms with van der Waals surface area (Å²) in [6, 6.07) is 2.23. The summed E-state index contributed by atoms with van der Waals surface area (Å²) < 4.78 is 6.87. The second kappa shape index (κ2) is 12.4. The number of hydrogen-bond acceptors (Lipinski definition) is 4. The van der Waals surface area contributed by atoms with Crippen LogP contribution in [0.5, 0.6) is 0 Å². The number of pyridine rings is 1. The largest absolute Gasteiger partial charge is 0.469 e. The third-order valence-corrected chi connectivity index (χ3v) is 9.17. The highest BCUT2D eigenvalue weighted by Crippen LogP contribution is 2.52. The molecule has 4 rings (SSSR count). The highest BCUT2D eigenvalue weighted by atomic mass is 79.9. The van der Waals surface area contributed by atoms with Crippen LogP contribution in [0.4, 0.5) is 0 Å². The Bertz CT molecular complexity index is 1000. The Morgan fingerprint density at radius 3 is 2.60 bits per heavy atom. The van der Waals surface area contributed by atoms with Crippen molar-refractivity contribution in [1.82, 2.24) is 9.88 Å². The SMILES string of the molecule is COC(=O)CCCCCC(=O)N1CCC(C2c3ncc(Br)cc3CCC3C=C(Cl)C=C(Br)C32)CC1. The molecule has 0 aromatic carbocycles. The summed E-state index contributed by atoms with van der Waals surface area (Å²) in [7, 11) is 1.41. The number of carbonyl (C=O) groups is 2. The summed E-state index contributed by atoms with van der Waals surface area (Å²) in [6.45, 7) is 1.59. The number of aryl methyl sites for hydroxylation is 1. The van der Waals surface area contributed by atoms with Crippen LogP contribution in [0, 0.1) is 17.8 Å². The lowest BCUT2D eigenvalue weighted by Gasteiger charge is -2.41. The molecule has 190 valence electrons. The minimum Gasteiger partial charge on any atom is -0.469 e. The van der Waals surface area contributed by atoms with E-state index in [1.165, 1.54) is 22.8 Å². The fraction of sp³-hybridized carbons (Fsp3) is 0.593. The molecule has 1 aliphatic heterocycles. The fourth-order valence-electron chi connectivity index (χ4n) is 5.98. The van der Waals surface area contributed by atoms with Crippen molar-refractivity contribution in [3.05, 3.63) is 49.7 Å². The minimum atomic E-state index is -0.181. The Labute approximate surface area is 230 Å². The lowest BCUT2D eigenvalue weighted by molar-refractivity contribution is -0.140. The van der Waals surface area contributed by atoms with Gasteiger partial charge in [-0.2, -0.15) is 0 Å². The van der Waals surface area contributed by atoms with E-state index in [-0.39, 0.29) is 11.9 Å². The van der Waals surface area contributed by atoms with Crippen LogP contribution < -0.4 is 0 Å². The first-order valence-electron chi connectivity index (χ1n) is 12.6. The second-order valence-corrected chi connectivity index (χ2v) is 12.2.